The first-order valence-electron chi connectivity index (χ1n) is 10.3. The van der Waals surface area contributed by atoms with E-state index in [1.807, 2.05) is 0 Å². The monoisotopic (exact) mass is 305 g/mol. The zero-order chi connectivity index (χ0) is 15.7. The average Bonchev–Trinajstić information content (AvgIpc) is 2.54. The van der Waals surface area contributed by atoms with Gasteiger partial charge in [-0.3, -0.25) is 0 Å². The number of hydrogen-bond acceptors (Lipinski definition) is 1. The largest absolute Gasteiger partial charge is 0.198 e. The summed E-state index contributed by atoms with van der Waals surface area (Å²) in [7, 11) is 0. The molecule has 1 fully saturated rings. The van der Waals surface area contributed by atoms with Crippen LogP contribution in [0.5, 0.6) is 0 Å². The highest BCUT2D eigenvalue weighted by Gasteiger charge is 2.06. The van der Waals surface area contributed by atoms with Gasteiger partial charge in [0.15, 0.2) is 0 Å². The summed E-state index contributed by atoms with van der Waals surface area (Å²) in [5.41, 5.74) is 0. The molecule has 0 amide bonds. The summed E-state index contributed by atoms with van der Waals surface area (Å²) in [6.07, 6.45) is 26.2. The smallest absolute Gasteiger partial charge is 0.0655 e. The second-order valence-electron chi connectivity index (χ2n) is 7.41. The molecule has 0 aromatic rings. The molecule has 1 nitrogen and oxygen atoms in total. The first-order chi connectivity index (χ1) is 10.9. The van der Waals surface area contributed by atoms with Crippen molar-refractivity contribution in [3.05, 3.63) is 0 Å². The van der Waals surface area contributed by atoms with E-state index in [9.17, 15) is 5.26 Å². The van der Waals surface area contributed by atoms with Gasteiger partial charge in [-0.2, -0.15) is 5.26 Å². The second-order valence-corrected chi connectivity index (χ2v) is 7.41. The molecule has 1 saturated carbocycles. The standard InChI is InChI=1S/C21H39N/c22-20-21-18-16-14-12-10-8-6-4-2-1-3-5-7-9-11-13-15-17-19-21/h21H,1-19H2. The number of nitriles is 1. The van der Waals surface area contributed by atoms with Gasteiger partial charge in [0.2, 0.25) is 0 Å². The Labute approximate surface area is 139 Å². The molecule has 1 rings (SSSR count). The molecular formula is C21H39N. The molecule has 1 aliphatic rings. The summed E-state index contributed by atoms with van der Waals surface area (Å²) in [4.78, 5) is 0. The minimum Gasteiger partial charge on any atom is -0.198 e. The van der Waals surface area contributed by atoms with E-state index in [0.717, 1.165) is 12.8 Å². The molecule has 22 heavy (non-hydrogen) atoms. The zero-order valence-corrected chi connectivity index (χ0v) is 15.0. The van der Waals surface area contributed by atoms with Gasteiger partial charge in [-0.05, 0) is 12.8 Å². The lowest BCUT2D eigenvalue weighted by Crippen LogP contribution is -1.97. The number of nitrogens with zero attached hydrogens (tertiary/aromatic N) is 1. The highest BCUT2D eigenvalue weighted by molar-refractivity contribution is 4.82. The van der Waals surface area contributed by atoms with Crippen molar-refractivity contribution in [1.82, 2.24) is 0 Å². The van der Waals surface area contributed by atoms with Crippen molar-refractivity contribution in [1.29, 1.82) is 5.26 Å². The molecule has 0 bridgehead atoms. The van der Waals surface area contributed by atoms with Crippen molar-refractivity contribution < 1.29 is 0 Å². The molecule has 0 aromatic carbocycles. The minimum atomic E-state index is 0.339. The Morgan fingerprint density at radius 1 is 0.409 bits per heavy atom. The van der Waals surface area contributed by atoms with Gasteiger partial charge in [0.05, 0.1) is 6.07 Å². The van der Waals surface area contributed by atoms with Crippen LogP contribution in [-0.4, -0.2) is 0 Å². The summed E-state index contributed by atoms with van der Waals surface area (Å²) < 4.78 is 0. The summed E-state index contributed by atoms with van der Waals surface area (Å²) in [6.45, 7) is 0. The Bertz CT molecular complexity index is 246. The van der Waals surface area contributed by atoms with Crippen LogP contribution in [0.3, 0.4) is 0 Å². The van der Waals surface area contributed by atoms with Crippen molar-refractivity contribution in [2.24, 2.45) is 5.92 Å². The molecule has 0 N–H and O–H groups in total. The normalized spacial score (nSPS) is 23.4. The van der Waals surface area contributed by atoms with Crippen molar-refractivity contribution in [3.8, 4) is 6.07 Å². The van der Waals surface area contributed by atoms with Gasteiger partial charge >= 0.3 is 0 Å². The van der Waals surface area contributed by atoms with Crippen LogP contribution in [0.1, 0.15) is 122 Å². The lowest BCUT2D eigenvalue weighted by atomic mass is 9.95. The first-order valence-corrected chi connectivity index (χ1v) is 10.3. The maximum atomic E-state index is 9.25. The molecule has 0 atom stereocenters. The fourth-order valence-corrected chi connectivity index (χ4v) is 3.71. The molecule has 0 aromatic heterocycles. The van der Waals surface area contributed by atoms with Gasteiger partial charge in [-0.25, -0.2) is 0 Å². The molecule has 0 aliphatic heterocycles. The van der Waals surface area contributed by atoms with E-state index < -0.39 is 0 Å². The predicted molar refractivity (Wildman–Crippen MR) is 96.8 cm³/mol. The highest BCUT2D eigenvalue weighted by atomic mass is 14.3. The molecule has 128 valence electrons. The topological polar surface area (TPSA) is 23.8 Å². The molecule has 1 aliphatic carbocycles. The SMILES string of the molecule is N#CC1CCCCCCCCCCCCCCCCCCC1. The van der Waals surface area contributed by atoms with Gasteiger partial charge in [0, 0.05) is 5.92 Å². The fourth-order valence-electron chi connectivity index (χ4n) is 3.71. The summed E-state index contributed by atoms with van der Waals surface area (Å²) >= 11 is 0. The second kappa shape index (κ2) is 15.4. The lowest BCUT2D eigenvalue weighted by Gasteiger charge is -2.09. The third kappa shape index (κ3) is 12.1. The number of hydrogen-bond donors (Lipinski definition) is 0. The van der Waals surface area contributed by atoms with Crippen molar-refractivity contribution in [2.75, 3.05) is 0 Å². The summed E-state index contributed by atoms with van der Waals surface area (Å²) in [5.74, 6) is 0.339. The van der Waals surface area contributed by atoms with E-state index in [2.05, 4.69) is 6.07 Å². The Balaban J connectivity index is 2.15. The third-order valence-electron chi connectivity index (χ3n) is 5.29. The maximum absolute atomic E-state index is 9.25. The van der Waals surface area contributed by atoms with Crippen LogP contribution in [0.4, 0.5) is 0 Å². The van der Waals surface area contributed by atoms with Gasteiger partial charge < -0.3 is 0 Å². The Kier molecular flexibility index (Phi) is 13.7. The van der Waals surface area contributed by atoms with Crippen molar-refractivity contribution in [2.45, 2.75) is 122 Å². The fraction of sp³-hybridized carbons (Fsp3) is 0.952. The lowest BCUT2D eigenvalue weighted by molar-refractivity contribution is 0.464. The van der Waals surface area contributed by atoms with Gasteiger partial charge in [-0.15, -0.1) is 0 Å². The molecule has 0 saturated heterocycles. The van der Waals surface area contributed by atoms with E-state index in [1.165, 1.54) is 109 Å². The minimum absolute atomic E-state index is 0.339. The van der Waals surface area contributed by atoms with Crippen LogP contribution in [0.2, 0.25) is 0 Å². The molecule has 0 radical (unpaired) electrons. The third-order valence-corrected chi connectivity index (χ3v) is 5.29. The first kappa shape index (κ1) is 19.5. The van der Waals surface area contributed by atoms with E-state index in [-0.39, 0.29) is 0 Å². The predicted octanol–water partition coefficient (Wildman–Crippen LogP) is 7.55. The zero-order valence-electron chi connectivity index (χ0n) is 15.0. The summed E-state index contributed by atoms with van der Waals surface area (Å²) in [5, 5.41) is 9.25. The van der Waals surface area contributed by atoms with E-state index >= 15 is 0 Å². The van der Waals surface area contributed by atoms with Crippen LogP contribution < -0.4 is 0 Å². The quantitative estimate of drug-likeness (QED) is 0.453. The van der Waals surface area contributed by atoms with Crippen LogP contribution in [0.25, 0.3) is 0 Å². The van der Waals surface area contributed by atoms with E-state index in [1.54, 1.807) is 0 Å². The van der Waals surface area contributed by atoms with Crippen molar-refractivity contribution >= 4 is 0 Å². The van der Waals surface area contributed by atoms with Gasteiger partial charge in [0.25, 0.3) is 0 Å². The molecule has 0 spiro atoms. The molecule has 0 heterocycles. The van der Waals surface area contributed by atoms with Crippen LogP contribution in [0, 0.1) is 17.2 Å². The molecule has 1 heteroatoms. The summed E-state index contributed by atoms with van der Waals surface area (Å²) in [6, 6.07) is 2.54. The van der Waals surface area contributed by atoms with E-state index in [0.29, 0.717) is 5.92 Å². The average molecular weight is 306 g/mol. The Hall–Kier alpha value is -0.510. The number of rotatable bonds is 0. The van der Waals surface area contributed by atoms with Crippen LogP contribution in [0.15, 0.2) is 0 Å². The van der Waals surface area contributed by atoms with E-state index in [4.69, 9.17) is 0 Å². The Morgan fingerprint density at radius 3 is 0.864 bits per heavy atom. The molecular weight excluding hydrogens is 266 g/mol. The van der Waals surface area contributed by atoms with Crippen molar-refractivity contribution in [3.63, 3.8) is 0 Å². The maximum Gasteiger partial charge on any atom is 0.0655 e. The van der Waals surface area contributed by atoms with Gasteiger partial charge in [0.1, 0.15) is 0 Å². The van der Waals surface area contributed by atoms with Crippen LogP contribution >= 0.6 is 0 Å². The Morgan fingerprint density at radius 2 is 0.636 bits per heavy atom. The van der Waals surface area contributed by atoms with Crippen LogP contribution in [-0.2, 0) is 0 Å². The van der Waals surface area contributed by atoms with Gasteiger partial charge in [-0.1, -0.05) is 109 Å². The highest BCUT2D eigenvalue weighted by Crippen LogP contribution is 2.19. The molecule has 0 unspecified atom stereocenters.